The SMILES string of the molecule is Cn1cc(CCC(=O)N2CC[C@H](CSc3ccccc3)C2)cn1. The molecule has 3 rings (SSSR count). The standard InChI is InChI=1S/C18H23N3OS/c1-20-12-15(11-19-20)7-8-18(22)21-10-9-16(13-21)14-23-17-5-3-2-4-6-17/h2-6,11-12,16H,7-10,13-14H2,1H3/t16-/m0/s1. The highest BCUT2D eigenvalue weighted by atomic mass is 32.2. The number of benzene rings is 1. The number of aryl methyl sites for hydroxylation is 2. The molecule has 5 heteroatoms. The van der Waals surface area contributed by atoms with Gasteiger partial charge in [-0.05, 0) is 36.5 Å². The molecule has 2 heterocycles. The molecule has 0 spiro atoms. The fourth-order valence-electron chi connectivity index (χ4n) is 2.94. The molecule has 1 aromatic heterocycles. The Morgan fingerprint density at radius 3 is 2.91 bits per heavy atom. The minimum absolute atomic E-state index is 0.279. The third kappa shape index (κ3) is 4.61. The number of thioether (sulfide) groups is 1. The van der Waals surface area contributed by atoms with E-state index in [4.69, 9.17) is 0 Å². The summed E-state index contributed by atoms with van der Waals surface area (Å²) in [5.74, 6) is 1.99. The first kappa shape index (κ1) is 16.1. The molecule has 0 unspecified atom stereocenters. The Kier molecular flexibility index (Phi) is 5.39. The van der Waals surface area contributed by atoms with E-state index in [9.17, 15) is 4.79 Å². The van der Waals surface area contributed by atoms with Crippen molar-refractivity contribution >= 4 is 17.7 Å². The second kappa shape index (κ2) is 7.68. The van der Waals surface area contributed by atoms with Crippen LogP contribution in [0.1, 0.15) is 18.4 Å². The lowest BCUT2D eigenvalue weighted by molar-refractivity contribution is -0.130. The van der Waals surface area contributed by atoms with Crippen molar-refractivity contribution in [1.82, 2.24) is 14.7 Å². The highest BCUT2D eigenvalue weighted by molar-refractivity contribution is 7.99. The van der Waals surface area contributed by atoms with E-state index in [0.29, 0.717) is 12.3 Å². The Balaban J connectivity index is 1.41. The number of likely N-dealkylation sites (tertiary alicyclic amines) is 1. The van der Waals surface area contributed by atoms with Gasteiger partial charge in [0.2, 0.25) is 5.91 Å². The van der Waals surface area contributed by atoms with Crippen molar-refractivity contribution < 1.29 is 4.79 Å². The topological polar surface area (TPSA) is 38.1 Å². The lowest BCUT2D eigenvalue weighted by Crippen LogP contribution is -2.29. The van der Waals surface area contributed by atoms with Gasteiger partial charge in [-0.15, -0.1) is 11.8 Å². The maximum Gasteiger partial charge on any atom is 0.222 e. The highest BCUT2D eigenvalue weighted by Gasteiger charge is 2.25. The van der Waals surface area contributed by atoms with Crippen LogP contribution in [0.25, 0.3) is 0 Å². The molecule has 1 aliphatic rings. The number of aromatic nitrogens is 2. The van der Waals surface area contributed by atoms with E-state index in [1.807, 2.05) is 42.2 Å². The Labute approximate surface area is 141 Å². The summed E-state index contributed by atoms with van der Waals surface area (Å²) >= 11 is 1.90. The van der Waals surface area contributed by atoms with Gasteiger partial charge in [-0.25, -0.2) is 0 Å². The van der Waals surface area contributed by atoms with E-state index in [1.165, 1.54) is 4.90 Å². The largest absolute Gasteiger partial charge is 0.342 e. The second-order valence-electron chi connectivity index (χ2n) is 6.14. The lowest BCUT2D eigenvalue weighted by Gasteiger charge is -2.16. The van der Waals surface area contributed by atoms with Gasteiger partial charge in [0.25, 0.3) is 0 Å². The maximum atomic E-state index is 12.3. The first-order valence-corrected chi connectivity index (χ1v) is 9.12. The van der Waals surface area contributed by atoms with Crippen LogP contribution in [-0.4, -0.2) is 39.4 Å². The molecule has 4 nitrogen and oxygen atoms in total. The third-order valence-electron chi connectivity index (χ3n) is 4.25. The summed E-state index contributed by atoms with van der Waals surface area (Å²) in [6.45, 7) is 1.82. The fourth-order valence-corrected chi connectivity index (χ4v) is 3.99. The van der Waals surface area contributed by atoms with Crippen molar-refractivity contribution in [2.75, 3.05) is 18.8 Å². The maximum absolute atomic E-state index is 12.3. The van der Waals surface area contributed by atoms with Crippen LogP contribution in [0.4, 0.5) is 0 Å². The van der Waals surface area contributed by atoms with E-state index in [1.54, 1.807) is 4.68 Å². The van der Waals surface area contributed by atoms with Gasteiger partial charge >= 0.3 is 0 Å². The summed E-state index contributed by atoms with van der Waals surface area (Å²) in [5, 5.41) is 4.15. The number of amides is 1. The number of carbonyl (C=O) groups excluding carboxylic acids is 1. The summed E-state index contributed by atoms with van der Waals surface area (Å²) in [6, 6.07) is 10.5. The van der Waals surface area contributed by atoms with Gasteiger partial charge in [-0.3, -0.25) is 9.48 Å². The van der Waals surface area contributed by atoms with E-state index in [-0.39, 0.29) is 5.91 Å². The molecule has 1 atom stereocenters. The van der Waals surface area contributed by atoms with Crippen molar-refractivity contribution in [3.05, 3.63) is 48.3 Å². The number of rotatable bonds is 6. The lowest BCUT2D eigenvalue weighted by atomic mass is 10.1. The summed E-state index contributed by atoms with van der Waals surface area (Å²) < 4.78 is 1.78. The molecule has 1 fully saturated rings. The molecule has 2 aromatic rings. The zero-order valence-corrected chi connectivity index (χ0v) is 14.3. The van der Waals surface area contributed by atoms with Crippen LogP contribution in [0.2, 0.25) is 0 Å². The van der Waals surface area contributed by atoms with Crippen molar-refractivity contribution in [2.24, 2.45) is 13.0 Å². The quantitative estimate of drug-likeness (QED) is 0.765. The Hall–Kier alpha value is -1.75. The summed E-state index contributed by atoms with van der Waals surface area (Å²) in [4.78, 5) is 15.7. The van der Waals surface area contributed by atoms with Gasteiger partial charge in [-0.1, -0.05) is 18.2 Å². The first-order chi connectivity index (χ1) is 11.2. The second-order valence-corrected chi connectivity index (χ2v) is 7.23. The van der Waals surface area contributed by atoms with E-state index >= 15 is 0 Å². The molecule has 0 radical (unpaired) electrons. The number of nitrogens with zero attached hydrogens (tertiary/aromatic N) is 3. The van der Waals surface area contributed by atoms with Crippen molar-refractivity contribution in [3.63, 3.8) is 0 Å². The zero-order chi connectivity index (χ0) is 16.1. The van der Waals surface area contributed by atoms with Crippen molar-refractivity contribution in [2.45, 2.75) is 24.2 Å². The predicted octanol–water partition coefficient (Wildman–Crippen LogP) is 2.99. The van der Waals surface area contributed by atoms with Gasteiger partial charge in [0.1, 0.15) is 0 Å². The minimum Gasteiger partial charge on any atom is -0.342 e. The van der Waals surface area contributed by atoms with Gasteiger partial charge in [0, 0.05) is 43.4 Å². The summed E-state index contributed by atoms with van der Waals surface area (Å²) in [7, 11) is 1.90. The normalized spacial score (nSPS) is 17.6. The summed E-state index contributed by atoms with van der Waals surface area (Å²) in [5.41, 5.74) is 1.14. The molecule has 0 bridgehead atoms. The Morgan fingerprint density at radius 2 is 2.17 bits per heavy atom. The van der Waals surface area contributed by atoms with Crippen LogP contribution < -0.4 is 0 Å². The number of hydrogen-bond acceptors (Lipinski definition) is 3. The first-order valence-electron chi connectivity index (χ1n) is 8.14. The molecule has 0 saturated carbocycles. The van der Waals surface area contributed by atoms with Crippen LogP contribution >= 0.6 is 11.8 Å². The molecule has 122 valence electrons. The van der Waals surface area contributed by atoms with E-state index in [0.717, 1.165) is 37.2 Å². The Bertz CT molecular complexity index is 641. The van der Waals surface area contributed by atoms with Gasteiger partial charge in [0.05, 0.1) is 6.20 Å². The molecular weight excluding hydrogens is 306 g/mol. The third-order valence-corrected chi connectivity index (χ3v) is 5.50. The average molecular weight is 329 g/mol. The van der Waals surface area contributed by atoms with Crippen LogP contribution in [0.15, 0.2) is 47.6 Å². The van der Waals surface area contributed by atoms with E-state index < -0.39 is 0 Å². The van der Waals surface area contributed by atoms with E-state index in [2.05, 4.69) is 29.4 Å². The van der Waals surface area contributed by atoms with Gasteiger partial charge in [-0.2, -0.15) is 5.10 Å². The number of carbonyl (C=O) groups is 1. The number of hydrogen-bond donors (Lipinski definition) is 0. The average Bonchev–Trinajstić information content (AvgIpc) is 3.21. The van der Waals surface area contributed by atoms with Crippen molar-refractivity contribution in [3.8, 4) is 0 Å². The Morgan fingerprint density at radius 1 is 1.35 bits per heavy atom. The molecule has 0 N–H and O–H groups in total. The molecule has 1 aromatic carbocycles. The monoisotopic (exact) mass is 329 g/mol. The van der Waals surface area contributed by atoms with Crippen LogP contribution in [-0.2, 0) is 18.3 Å². The molecule has 23 heavy (non-hydrogen) atoms. The van der Waals surface area contributed by atoms with Crippen LogP contribution in [0.5, 0.6) is 0 Å². The molecule has 0 aliphatic carbocycles. The van der Waals surface area contributed by atoms with Crippen LogP contribution in [0, 0.1) is 5.92 Å². The highest BCUT2D eigenvalue weighted by Crippen LogP contribution is 2.26. The van der Waals surface area contributed by atoms with Crippen molar-refractivity contribution in [1.29, 1.82) is 0 Å². The molecule has 1 aliphatic heterocycles. The summed E-state index contributed by atoms with van der Waals surface area (Å²) in [6.07, 6.45) is 6.32. The van der Waals surface area contributed by atoms with Gasteiger partial charge in [0.15, 0.2) is 0 Å². The zero-order valence-electron chi connectivity index (χ0n) is 13.5. The molecular formula is C18H23N3OS. The molecule has 1 amide bonds. The molecule has 1 saturated heterocycles. The van der Waals surface area contributed by atoms with Crippen LogP contribution in [0.3, 0.4) is 0 Å². The van der Waals surface area contributed by atoms with Gasteiger partial charge < -0.3 is 4.90 Å². The minimum atomic E-state index is 0.279. The predicted molar refractivity (Wildman–Crippen MR) is 93.4 cm³/mol. The smallest absolute Gasteiger partial charge is 0.222 e. The fraction of sp³-hybridized carbons (Fsp3) is 0.444.